The van der Waals surface area contributed by atoms with Gasteiger partial charge in [-0.05, 0) is 67.1 Å². The van der Waals surface area contributed by atoms with Gasteiger partial charge in [0.25, 0.3) is 0 Å². The van der Waals surface area contributed by atoms with Gasteiger partial charge in [0.2, 0.25) is 0 Å². The molecule has 2 fully saturated rings. The SMILES string of the molecule is CCc1ccc(-c2ccc(C3CCC(/C=C/C4=CCC(C5CO5)C(F)=C4F)CC3)c(F)c2F)cc1. The highest BCUT2D eigenvalue weighted by atomic mass is 19.2. The third kappa shape index (κ3) is 5.02. The van der Waals surface area contributed by atoms with E-state index in [1.807, 2.05) is 30.3 Å². The molecule has 1 heterocycles. The highest BCUT2D eigenvalue weighted by Gasteiger charge is 2.38. The normalized spacial score (nSPS) is 26.8. The van der Waals surface area contributed by atoms with Crippen LogP contribution in [0.1, 0.15) is 56.1 Å². The van der Waals surface area contributed by atoms with Crippen molar-refractivity contribution < 1.29 is 22.3 Å². The molecule has 5 heteroatoms. The minimum atomic E-state index is -0.794. The van der Waals surface area contributed by atoms with Crippen LogP contribution < -0.4 is 0 Å². The molecule has 5 rings (SSSR count). The van der Waals surface area contributed by atoms with E-state index in [0.29, 0.717) is 24.2 Å². The number of ether oxygens (including phenoxy) is 1. The molecular weight excluding hydrogens is 452 g/mol. The number of allylic oxidation sites excluding steroid dienone is 5. The van der Waals surface area contributed by atoms with E-state index in [2.05, 4.69) is 6.92 Å². The molecular formula is C30H30F4O. The number of rotatable bonds is 6. The van der Waals surface area contributed by atoms with Crippen LogP contribution in [0.15, 0.2) is 71.9 Å². The molecule has 0 radical (unpaired) electrons. The molecule has 0 N–H and O–H groups in total. The Hall–Kier alpha value is -2.66. The first kappa shape index (κ1) is 24.1. The van der Waals surface area contributed by atoms with Crippen molar-refractivity contribution in [2.24, 2.45) is 11.8 Å². The van der Waals surface area contributed by atoms with Crippen LogP contribution >= 0.6 is 0 Å². The Morgan fingerprint density at radius 2 is 1.63 bits per heavy atom. The number of halogens is 4. The van der Waals surface area contributed by atoms with Gasteiger partial charge >= 0.3 is 0 Å². The van der Waals surface area contributed by atoms with Crippen molar-refractivity contribution in [1.29, 1.82) is 0 Å². The number of benzene rings is 2. The number of aryl methyl sites for hydroxylation is 1. The zero-order valence-corrected chi connectivity index (χ0v) is 19.9. The topological polar surface area (TPSA) is 12.5 Å². The van der Waals surface area contributed by atoms with Gasteiger partial charge in [-0.15, -0.1) is 0 Å². The smallest absolute Gasteiger partial charge is 0.166 e. The summed E-state index contributed by atoms with van der Waals surface area (Å²) in [6, 6.07) is 10.9. The Balaban J connectivity index is 1.22. The molecule has 2 aliphatic carbocycles. The van der Waals surface area contributed by atoms with Gasteiger partial charge in [-0.2, -0.15) is 0 Å². The Morgan fingerprint density at radius 3 is 2.29 bits per heavy atom. The molecule has 2 aromatic carbocycles. The minimum absolute atomic E-state index is 0.0482. The van der Waals surface area contributed by atoms with E-state index in [-0.39, 0.29) is 29.1 Å². The lowest BCUT2D eigenvalue weighted by Gasteiger charge is -2.28. The summed E-state index contributed by atoms with van der Waals surface area (Å²) in [5.74, 6) is -3.39. The maximum absolute atomic E-state index is 15.1. The Labute approximate surface area is 204 Å². The van der Waals surface area contributed by atoms with Crippen molar-refractivity contribution in [3.8, 4) is 11.1 Å². The summed E-state index contributed by atoms with van der Waals surface area (Å²) in [6.45, 7) is 2.55. The lowest BCUT2D eigenvalue weighted by atomic mass is 9.78. The molecule has 1 aliphatic heterocycles. The molecule has 35 heavy (non-hydrogen) atoms. The predicted molar refractivity (Wildman–Crippen MR) is 130 cm³/mol. The monoisotopic (exact) mass is 482 g/mol. The summed E-state index contributed by atoms with van der Waals surface area (Å²) in [6.07, 6.45) is 9.52. The average Bonchev–Trinajstić information content (AvgIpc) is 3.72. The zero-order valence-electron chi connectivity index (χ0n) is 19.9. The van der Waals surface area contributed by atoms with Crippen LogP contribution in [0.25, 0.3) is 11.1 Å². The van der Waals surface area contributed by atoms with E-state index in [1.165, 1.54) is 0 Å². The highest BCUT2D eigenvalue weighted by Crippen LogP contribution is 2.41. The lowest BCUT2D eigenvalue weighted by molar-refractivity contribution is 0.311. The second-order valence-corrected chi connectivity index (χ2v) is 9.89. The van der Waals surface area contributed by atoms with Crippen LogP contribution in [0.4, 0.5) is 17.6 Å². The maximum atomic E-state index is 15.1. The van der Waals surface area contributed by atoms with Gasteiger partial charge in [-0.25, -0.2) is 17.6 Å². The molecule has 1 nitrogen and oxygen atoms in total. The molecule has 2 atom stereocenters. The number of hydrogen-bond donors (Lipinski definition) is 0. The van der Waals surface area contributed by atoms with Gasteiger partial charge < -0.3 is 4.74 Å². The van der Waals surface area contributed by atoms with Gasteiger partial charge in [0, 0.05) is 17.1 Å². The second-order valence-electron chi connectivity index (χ2n) is 9.89. The minimum Gasteiger partial charge on any atom is -0.372 e. The second kappa shape index (κ2) is 10.1. The van der Waals surface area contributed by atoms with E-state index in [0.717, 1.165) is 37.7 Å². The molecule has 0 bridgehead atoms. The third-order valence-corrected chi connectivity index (χ3v) is 7.73. The maximum Gasteiger partial charge on any atom is 0.166 e. The van der Waals surface area contributed by atoms with E-state index >= 15 is 4.39 Å². The highest BCUT2D eigenvalue weighted by molar-refractivity contribution is 5.65. The summed E-state index contributed by atoms with van der Waals surface area (Å²) in [7, 11) is 0. The van der Waals surface area contributed by atoms with Crippen molar-refractivity contribution in [3.63, 3.8) is 0 Å². The lowest BCUT2D eigenvalue weighted by Crippen LogP contribution is -2.14. The van der Waals surface area contributed by atoms with Crippen molar-refractivity contribution >= 4 is 0 Å². The molecule has 2 aromatic rings. The van der Waals surface area contributed by atoms with Gasteiger partial charge in [-0.1, -0.05) is 61.5 Å². The summed E-state index contributed by atoms with van der Waals surface area (Å²) >= 11 is 0. The quantitative estimate of drug-likeness (QED) is 0.297. The van der Waals surface area contributed by atoms with Gasteiger partial charge in [0.1, 0.15) is 5.83 Å². The standard InChI is InChI=1S/C30H30F4O/c1-2-18-3-8-20(9-4-18)23-15-16-24(29(33)28(23)32)21-10-5-19(6-11-21)7-12-22-13-14-25(26-17-35-26)30(34)27(22)31/h3-4,7-9,12-13,15-16,19,21,25-26H,2,5-6,10-11,14,17H2,1H3/b12-7+. The molecule has 0 amide bonds. The first-order valence-electron chi connectivity index (χ1n) is 12.6. The van der Waals surface area contributed by atoms with Gasteiger partial charge in [-0.3, -0.25) is 0 Å². The third-order valence-electron chi connectivity index (χ3n) is 7.73. The summed E-state index contributed by atoms with van der Waals surface area (Å²) in [5.41, 5.74) is 2.82. The van der Waals surface area contributed by atoms with Crippen molar-refractivity contribution in [2.75, 3.05) is 6.61 Å². The van der Waals surface area contributed by atoms with Crippen LogP contribution in [0.2, 0.25) is 0 Å². The van der Waals surface area contributed by atoms with Crippen LogP contribution in [-0.4, -0.2) is 12.7 Å². The average molecular weight is 483 g/mol. The van der Waals surface area contributed by atoms with Crippen molar-refractivity contribution in [3.05, 3.63) is 94.6 Å². The largest absolute Gasteiger partial charge is 0.372 e. The summed E-state index contributed by atoms with van der Waals surface area (Å²) in [5, 5.41) is 0. The van der Waals surface area contributed by atoms with E-state index in [1.54, 1.807) is 24.3 Å². The van der Waals surface area contributed by atoms with Gasteiger partial charge in [0.15, 0.2) is 17.5 Å². The Bertz CT molecular complexity index is 1170. The summed E-state index contributed by atoms with van der Waals surface area (Å²) < 4.78 is 63.9. The fraction of sp³-hybridized carbons (Fsp3) is 0.400. The van der Waals surface area contributed by atoms with Crippen LogP contribution in [0.3, 0.4) is 0 Å². The zero-order chi connectivity index (χ0) is 24.5. The van der Waals surface area contributed by atoms with Crippen molar-refractivity contribution in [2.45, 2.75) is 57.5 Å². The van der Waals surface area contributed by atoms with Crippen molar-refractivity contribution in [1.82, 2.24) is 0 Å². The Kier molecular flexibility index (Phi) is 6.97. The Morgan fingerprint density at radius 1 is 0.914 bits per heavy atom. The molecule has 184 valence electrons. The molecule has 3 aliphatic rings. The predicted octanol–water partition coefficient (Wildman–Crippen LogP) is 8.52. The van der Waals surface area contributed by atoms with E-state index in [4.69, 9.17) is 4.74 Å². The molecule has 1 saturated carbocycles. The molecule has 1 saturated heterocycles. The fourth-order valence-electron chi connectivity index (χ4n) is 5.38. The number of epoxide rings is 1. The first-order chi connectivity index (χ1) is 17.0. The fourth-order valence-corrected chi connectivity index (χ4v) is 5.38. The van der Waals surface area contributed by atoms with Crippen LogP contribution in [0.5, 0.6) is 0 Å². The number of hydrogen-bond acceptors (Lipinski definition) is 1. The van der Waals surface area contributed by atoms with E-state index < -0.39 is 29.2 Å². The summed E-state index contributed by atoms with van der Waals surface area (Å²) in [4.78, 5) is 0. The van der Waals surface area contributed by atoms with Crippen LogP contribution in [-0.2, 0) is 11.2 Å². The molecule has 2 unspecified atom stereocenters. The van der Waals surface area contributed by atoms with E-state index in [9.17, 15) is 13.2 Å². The van der Waals surface area contributed by atoms with Crippen LogP contribution in [0, 0.1) is 23.5 Å². The first-order valence-corrected chi connectivity index (χ1v) is 12.6. The molecule has 0 spiro atoms. The molecule has 0 aromatic heterocycles. The van der Waals surface area contributed by atoms with Gasteiger partial charge in [0.05, 0.1) is 12.7 Å².